The van der Waals surface area contributed by atoms with Gasteiger partial charge in [0.05, 0.1) is 0 Å². The van der Waals surface area contributed by atoms with Gasteiger partial charge in [-0.3, -0.25) is 14.8 Å². The van der Waals surface area contributed by atoms with Crippen LogP contribution in [0.4, 0.5) is 0 Å². The molecule has 5 heterocycles. The summed E-state index contributed by atoms with van der Waals surface area (Å²) >= 11 is 0. The lowest BCUT2D eigenvalue weighted by Gasteiger charge is -2.31. The van der Waals surface area contributed by atoms with Gasteiger partial charge in [-0.15, -0.1) is 0 Å². The number of likely N-dealkylation sites (tertiary alicyclic amines) is 1. The molecule has 1 amide bonds. The van der Waals surface area contributed by atoms with Gasteiger partial charge in [0, 0.05) is 49.4 Å². The van der Waals surface area contributed by atoms with Crippen LogP contribution in [0.25, 0.3) is 16.8 Å². The van der Waals surface area contributed by atoms with Gasteiger partial charge in [-0.1, -0.05) is 6.07 Å². The highest BCUT2D eigenvalue weighted by molar-refractivity contribution is 5.92. The number of piperidine rings is 1. The van der Waals surface area contributed by atoms with Crippen LogP contribution in [0, 0.1) is 0 Å². The highest BCUT2D eigenvalue weighted by Gasteiger charge is 2.28. The van der Waals surface area contributed by atoms with Crippen LogP contribution in [0.15, 0.2) is 67.3 Å². The van der Waals surface area contributed by atoms with Crippen molar-refractivity contribution in [3.8, 4) is 11.1 Å². The Balaban J connectivity index is 1.39. The molecule has 144 valence electrons. The van der Waals surface area contributed by atoms with Crippen molar-refractivity contribution in [2.45, 2.75) is 18.8 Å². The van der Waals surface area contributed by atoms with Gasteiger partial charge in [0.15, 0.2) is 11.5 Å². The standard InChI is InChI=1S/C22H20N6O/c29-22(19-5-1-2-10-24-19)27-13-3-4-18(14-27)21-25-20-7-6-17(15-28(20)26-21)16-8-11-23-12-9-16/h1-2,5-12,15,18H,3-4,13-14H2. The first-order valence-corrected chi connectivity index (χ1v) is 9.75. The summed E-state index contributed by atoms with van der Waals surface area (Å²) in [5.41, 5.74) is 3.44. The van der Waals surface area contributed by atoms with Crippen molar-refractivity contribution in [3.63, 3.8) is 0 Å². The van der Waals surface area contributed by atoms with Crippen molar-refractivity contribution in [2.24, 2.45) is 0 Å². The van der Waals surface area contributed by atoms with Gasteiger partial charge < -0.3 is 4.90 Å². The van der Waals surface area contributed by atoms with E-state index in [4.69, 9.17) is 10.1 Å². The molecule has 0 aliphatic carbocycles. The van der Waals surface area contributed by atoms with Crippen molar-refractivity contribution in [1.82, 2.24) is 29.5 Å². The molecule has 1 fully saturated rings. The summed E-state index contributed by atoms with van der Waals surface area (Å²) in [5.74, 6) is 0.884. The molecule has 4 aromatic rings. The fraction of sp³-hybridized carbons (Fsp3) is 0.227. The average Bonchev–Trinajstić information content (AvgIpc) is 3.23. The summed E-state index contributed by atoms with van der Waals surface area (Å²) in [6, 6.07) is 13.4. The number of rotatable bonds is 3. The normalized spacial score (nSPS) is 16.8. The molecule has 0 aromatic carbocycles. The molecule has 7 nitrogen and oxygen atoms in total. The fourth-order valence-corrected chi connectivity index (χ4v) is 3.81. The van der Waals surface area contributed by atoms with E-state index in [9.17, 15) is 4.79 Å². The van der Waals surface area contributed by atoms with Gasteiger partial charge in [-0.2, -0.15) is 5.10 Å². The molecule has 7 heteroatoms. The lowest BCUT2D eigenvalue weighted by atomic mass is 9.97. The Morgan fingerprint density at radius 1 is 1.00 bits per heavy atom. The maximum absolute atomic E-state index is 12.8. The van der Waals surface area contributed by atoms with Crippen LogP contribution in [0.1, 0.15) is 35.1 Å². The van der Waals surface area contributed by atoms with Crippen LogP contribution >= 0.6 is 0 Å². The number of hydrogen-bond donors (Lipinski definition) is 0. The van der Waals surface area contributed by atoms with E-state index in [0.717, 1.165) is 42.0 Å². The maximum atomic E-state index is 12.8. The summed E-state index contributed by atoms with van der Waals surface area (Å²) in [5, 5.41) is 4.73. The molecule has 0 saturated carbocycles. The number of nitrogens with zero attached hydrogens (tertiary/aromatic N) is 6. The van der Waals surface area contributed by atoms with E-state index in [0.29, 0.717) is 12.2 Å². The molecule has 0 radical (unpaired) electrons. The molecule has 0 N–H and O–H groups in total. The van der Waals surface area contributed by atoms with Crippen LogP contribution in [0.5, 0.6) is 0 Å². The van der Waals surface area contributed by atoms with Crippen LogP contribution in [-0.4, -0.2) is 48.5 Å². The first-order valence-electron chi connectivity index (χ1n) is 9.75. The van der Waals surface area contributed by atoms with Gasteiger partial charge in [0.2, 0.25) is 0 Å². The topological polar surface area (TPSA) is 76.3 Å². The second-order valence-corrected chi connectivity index (χ2v) is 7.23. The van der Waals surface area contributed by atoms with E-state index >= 15 is 0 Å². The molecule has 1 aliphatic heterocycles. The minimum Gasteiger partial charge on any atom is -0.337 e. The Bertz CT molecular complexity index is 1140. The quantitative estimate of drug-likeness (QED) is 0.542. The van der Waals surface area contributed by atoms with Gasteiger partial charge in [0.1, 0.15) is 5.69 Å². The van der Waals surface area contributed by atoms with Crippen LogP contribution in [0.3, 0.4) is 0 Å². The summed E-state index contributed by atoms with van der Waals surface area (Å²) in [6.07, 6.45) is 9.10. The lowest BCUT2D eigenvalue weighted by Crippen LogP contribution is -2.39. The summed E-state index contributed by atoms with van der Waals surface area (Å²) in [6.45, 7) is 1.36. The smallest absolute Gasteiger partial charge is 0.272 e. The van der Waals surface area contributed by atoms with E-state index in [-0.39, 0.29) is 11.8 Å². The molecule has 0 bridgehead atoms. The Morgan fingerprint density at radius 2 is 1.90 bits per heavy atom. The molecule has 1 aliphatic rings. The van der Waals surface area contributed by atoms with Crippen molar-refractivity contribution in [3.05, 3.63) is 78.8 Å². The highest BCUT2D eigenvalue weighted by Crippen LogP contribution is 2.26. The third-order valence-electron chi connectivity index (χ3n) is 5.32. The molecule has 1 unspecified atom stereocenters. The first kappa shape index (κ1) is 17.5. The highest BCUT2D eigenvalue weighted by atomic mass is 16.2. The van der Waals surface area contributed by atoms with Crippen LogP contribution in [-0.2, 0) is 0 Å². The predicted molar refractivity (Wildman–Crippen MR) is 108 cm³/mol. The number of hydrogen-bond acceptors (Lipinski definition) is 5. The predicted octanol–water partition coefficient (Wildman–Crippen LogP) is 3.21. The first-order chi connectivity index (χ1) is 14.3. The Morgan fingerprint density at radius 3 is 2.72 bits per heavy atom. The molecule has 29 heavy (non-hydrogen) atoms. The Hall–Kier alpha value is -3.61. The zero-order valence-electron chi connectivity index (χ0n) is 15.8. The summed E-state index contributed by atoms with van der Waals surface area (Å²) < 4.78 is 1.82. The monoisotopic (exact) mass is 384 g/mol. The van der Waals surface area contributed by atoms with Gasteiger partial charge >= 0.3 is 0 Å². The van der Waals surface area contributed by atoms with E-state index in [1.165, 1.54) is 0 Å². The number of amides is 1. The van der Waals surface area contributed by atoms with Crippen LogP contribution < -0.4 is 0 Å². The van der Waals surface area contributed by atoms with Crippen molar-refractivity contribution < 1.29 is 4.79 Å². The summed E-state index contributed by atoms with van der Waals surface area (Å²) in [7, 11) is 0. The van der Waals surface area contributed by atoms with E-state index in [2.05, 4.69) is 9.97 Å². The minimum absolute atomic E-state index is 0.0287. The Labute approximate surface area is 168 Å². The molecular weight excluding hydrogens is 364 g/mol. The SMILES string of the molecule is O=C(c1ccccn1)N1CCCC(c2nc3ccc(-c4ccncc4)cn3n2)C1. The molecule has 1 atom stereocenters. The molecule has 1 saturated heterocycles. The van der Waals surface area contributed by atoms with Gasteiger partial charge in [-0.05, 0) is 54.8 Å². The second-order valence-electron chi connectivity index (χ2n) is 7.23. The fourth-order valence-electron chi connectivity index (χ4n) is 3.81. The van der Waals surface area contributed by atoms with Crippen LogP contribution in [0.2, 0.25) is 0 Å². The number of fused-ring (bicyclic) bond motifs is 1. The maximum Gasteiger partial charge on any atom is 0.272 e. The molecule has 0 spiro atoms. The van der Waals surface area contributed by atoms with Gasteiger partial charge in [-0.25, -0.2) is 9.50 Å². The third kappa shape index (κ3) is 3.47. The molecule has 4 aromatic heterocycles. The van der Waals surface area contributed by atoms with Crippen molar-refractivity contribution in [1.29, 1.82) is 0 Å². The average molecular weight is 384 g/mol. The zero-order chi connectivity index (χ0) is 19.6. The van der Waals surface area contributed by atoms with Gasteiger partial charge in [0.25, 0.3) is 5.91 Å². The van der Waals surface area contributed by atoms with Crippen molar-refractivity contribution in [2.75, 3.05) is 13.1 Å². The largest absolute Gasteiger partial charge is 0.337 e. The minimum atomic E-state index is -0.0287. The second kappa shape index (κ2) is 7.43. The number of pyridine rings is 3. The number of carbonyl (C=O) groups excluding carboxylic acids is 1. The zero-order valence-corrected chi connectivity index (χ0v) is 15.8. The van der Waals surface area contributed by atoms with E-state index in [1.54, 1.807) is 24.7 Å². The summed E-state index contributed by atoms with van der Waals surface area (Å²) in [4.78, 5) is 27.6. The van der Waals surface area contributed by atoms with E-state index < -0.39 is 0 Å². The Kier molecular flexibility index (Phi) is 4.48. The number of aromatic nitrogens is 5. The van der Waals surface area contributed by atoms with Crippen molar-refractivity contribution >= 4 is 11.6 Å². The third-order valence-corrected chi connectivity index (χ3v) is 5.32. The lowest BCUT2D eigenvalue weighted by molar-refractivity contribution is 0.0698. The molecule has 5 rings (SSSR count). The molecular formula is C22H20N6O. The van der Waals surface area contributed by atoms with E-state index in [1.807, 2.05) is 52.0 Å². The number of carbonyl (C=O) groups is 1.